The summed E-state index contributed by atoms with van der Waals surface area (Å²) in [6, 6.07) is 9.17. The van der Waals surface area contributed by atoms with Crippen LogP contribution in [0.15, 0.2) is 36.9 Å². The van der Waals surface area contributed by atoms with Crippen molar-refractivity contribution in [2.24, 2.45) is 5.92 Å². The average molecular weight is 360 g/mol. The molecule has 1 N–H and O–H groups in total. The molecule has 0 aliphatic rings. The van der Waals surface area contributed by atoms with E-state index in [-0.39, 0.29) is 5.82 Å². The van der Waals surface area contributed by atoms with Crippen LogP contribution in [0.25, 0.3) is 5.70 Å². The summed E-state index contributed by atoms with van der Waals surface area (Å²) in [5.41, 5.74) is 5.36. The van der Waals surface area contributed by atoms with E-state index < -0.39 is 0 Å². The molecule has 134 valence electrons. The van der Waals surface area contributed by atoms with Gasteiger partial charge in [-0.25, -0.2) is 4.39 Å². The van der Waals surface area contributed by atoms with Gasteiger partial charge in [0.15, 0.2) is 0 Å². The lowest BCUT2D eigenvalue weighted by atomic mass is 9.91. The van der Waals surface area contributed by atoms with Crippen molar-refractivity contribution in [1.82, 2.24) is 0 Å². The molecule has 0 atom stereocenters. The summed E-state index contributed by atoms with van der Waals surface area (Å²) in [7, 11) is 0. The monoisotopic (exact) mass is 359 g/mol. The number of benzene rings is 2. The van der Waals surface area contributed by atoms with Gasteiger partial charge in [-0.1, -0.05) is 50.9 Å². The van der Waals surface area contributed by atoms with Crippen LogP contribution in [0.4, 0.5) is 10.1 Å². The zero-order valence-corrected chi connectivity index (χ0v) is 16.3. The number of nitrogens with one attached hydrogen (secondary N) is 1. The molecule has 3 heteroatoms. The van der Waals surface area contributed by atoms with Gasteiger partial charge in [0.1, 0.15) is 5.82 Å². The third-order valence-corrected chi connectivity index (χ3v) is 5.32. The van der Waals surface area contributed by atoms with Crippen LogP contribution in [0.5, 0.6) is 0 Å². The third kappa shape index (κ3) is 4.85. The second-order valence-corrected chi connectivity index (χ2v) is 7.10. The van der Waals surface area contributed by atoms with Gasteiger partial charge >= 0.3 is 0 Å². The highest BCUT2D eigenvalue weighted by Crippen LogP contribution is 2.29. The van der Waals surface area contributed by atoms with Crippen molar-refractivity contribution >= 4 is 23.0 Å². The van der Waals surface area contributed by atoms with Crippen molar-refractivity contribution in [1.29, 1.82) is 0 Å². The Balaban J connectivity index is 2.26. The maximum absolute atomic E-state index is 13.7. The minimum absolute atomic E-state index is 0.228. The normalized spacial score (nSPS) is 11.0. The molecule has 25 heavy (non-hydrogen) atoms. The molecular weight excluding hydrogens is 333 g/mol. The number of aryl methyl sites for hydroxylation is 1. The smallest absolute Gasteiger partial charge is 0.128 e. The summed E-state index contributed by atoms with van der Waals surface area (Å²) in [6.45, 7) is 12.4. The molecule has 2 rings (SSSR count). The molecule has 0 aromatic heterocycles. The zero-order chi connectivity index (χ0) is 18.6. The van der Waals surface area contributed by atoms with E-state index in [1.807, 2.05) is 12.1 Å². The van der Waals surface area contributed by atoms with Crippen LogP contribution in [0.1, 0.15) is 48.9 Å². The van der Waals surface area contributed by atoms with Crippen LogP contribution < -0.4 is 5.32 Å². The summed E-state index contributed by atoms with van der Waals surface area (Å²) in [5, 5.41) is 3.94. The van der Waals surface area contributed by atoms with E-state index in [1.165, 1.54) is 11.6 Å². The third-order valence-electron chi connectivity index (χ3n) is 4.93. The maximum atomic E-state index is 13.7. The molecule has 2 aromatic carbocycles. The highest BCUT2D eigenvalue weighted by atomic mass is 35.5. The Labute approximate surface area is 155 Å². The number of halogens is 2. The molecule has 0 unspecified atom stereocenters. The molecule has 2 aromatic rings. The molecule has 0 saturated carbocycles. The molecule has 0 amide bonds. The number of hydrogen-bond acceptors (Lipinski definition) is 1. The first-order valence-corrected chi connectivity index (χ1v) is 9.24. The summed E-state index contributed by atoms with van der Waals surface area (Å²) in [6.07, 6.45) is 3.32. The zero-order valence-electron chi connectivity index (χ0n) is 15.5. The maximum Gasteiger partial charge on any atom is 0.128 e. The summed E-state index contributed by atoms with van der Waals surface area (Å²) in [5.74, 6) is 0.423. The Hall–Kier alpha value is -1.80. The van der Waals surface area contributed by atoms with Crippen molar-refractivity contribution in [2.45, 2.75) is 47.0 Å². The van der Waals surface area contributed by atoms with E-state index in [9.17, 15) is 4.39 Å². The van der Waals surface area contributed by atoms with Crippen LogP contribution in [0.2, 0.25) is 5.02 Å². The van der Waals surface area contributed by atoms with E-state index in [0.29, 0.717) is 17.2 Å². The molecule has 1 nitrogen and oxygen atoms in total. The number of rotatable bonds is 7. The fraction of sp³-hybridized carbons (Fsp3) is 0.364. The van der Waals surface area contributed by atoms with Gasteiger partial charge in [0.05, 0.1) is 0 Å². The highest BCUT2D eigenvalue weighted by Gasteiger charge is 2.12. The largest absolute Gasteiger partial charge is 0.355 e. The Morgan fingerprint density at radius 2 is 1.84 bits per heavy atom. The van der Waals surface area contributed by atoms with Crippen molar-refractivity contribution in [3.63, 3.8) is 0 Å². The predicted molar refractivity (Wildman–Crippen MR) is 108 cm³/mol. The van der Waals surface area contributed by atoms with E-state index in [4.69, 9.17) is 11.6 Å². The van der Waals surface area contributed by atoms with E-state index in [2.05, 4.69) is 38.7 Å². The fourth-order valence-corrected chi connectivity index (χ4v) is 3.17. The van der Waals surface area contributed by atoms with Crippen LogP contribution in [0.3, 0.4) is 0 Å². The van der Waals surface area contributed by atoms with Gasteiger partial charge < -0.3 is 5.32 Å². The van der Waals surface area contributed by atoms with Gasteiger partial charge in [0.2, 0.25) is 0 Å². The lowest BCUT2D eigenvalue weighted by Gasteiger charge is -2.18. The van der Waals surface area contributed by atoms with E-state index in [1.54, 1.807) is 13.0 Å². The topological polar surface area (TPSA) is 12.0 Å². The lowest BCUT2D eigenvalue weighted by molar-refractivity contribution is 0.489. The molecule has 0 spiro atoms. The van der Waals surface area contributed by atoms with Crippen molar-refractivity contribution in [2.75, 3.05) is 5.32 Å². The Kier molecular flexibility index (Phi) is 6.66. The Morgan fingerprint density at radius 1 is 1.16 bits per heavy atom. The van der Waals surface area contributed by atoms with Gasteiger partial charge in [-0.2, -0.15) is 0 Å². The number of anilines is 1. The van der Waals surface area contributed by atoms with Crippen molar-refractivity contribution in [3.05, 3.63) is 70.0 Å². The van der Waals surface area contributed by atoms with Crippen LogP contribution in [-0.4, -0.2) is 0 Å². The Morgan fingerprint density at radius 3 is 2.44 bits per heavy atom. The molecule has 0 saturated heterocycles. The van der Waals surface area contributed by atoms with Gasteiger partial charge in [0, 0.05) is 16.4 Å². The van der Waals surface area contributed by atoms with Gasteiger partial charge in [-0.3, -0.25) is 0 Å². The predicted octanol–water partition coefficient (Wildman–Crippen LogP) is 7.16. The first kappa shape index (κ1) is 19.5. The molecule has 0 heterocycles. The first-order chi connectivity index (χ1) is 11.8. The first-order valence-electron chi connectivity index (χ1n) is 8.87. The minimum atomic E-state index is -0.228. The fourth-order valence-electron chi connectivity index (χ4n) is 2.93. The van der Waals surface area contributed by atoms with E-state index in [0.717, 1.165) is 41.1 Å². The molecule has 0 bridgehead atoms. The minimum Gasteiger partial charge on any atom is -0.355 e. The van der Waals surface area contributed by atoms with Crippen molar-refractivity contribution < 1.29 is 4.39 Å². The molecule has 0 radical (unpaired) electrons. The Bertz CT molecular complexity index is 763. The molecule has 0 aliphatic heterocycles. The van der Waals surface area contributed by atoms with Crippen LogP contribution in [-0.2, 0) is 6.42 Å². The van der Waals surface area contributed by atoms with Gasteiger partial charge in [-0.15, -0.1) is 0 Å². The van der Waals surface area contributed by atoms with Gasteiger partial charge in [0.25, 0.3) is 0 Å². The van der Waals surface area contributed by atoms with Crippen molar-refractivity contribution in [3.8, 4) is 0 Å². The van der Waals surface area contributed by atoms with Crippen LogP contribution in [0, 0.1) is 25.6 Å². The number of hydrogen-bond donors (Lipinski definition) is 1. The quantitative estimate of drug-likeness (QED) is 0.553. The second-order valence-electron chi connectivity index (χ2n) is 6.70. The SMILES string of the molecule is C=C(Nc1ccc(C)c(F)c1)c1cc(Cl)c(C)c(CC(CC)CC)c1. The summed E-state index contributed by atoms with van der Waals surface area (Å²) < 4.78 is 13.7. The molecule has 0 aliphatic carbocycles. The van der Waals surface area contributed by atoms with Crippen LogP contribution >= 0.6 is 11.6 Å². The summed E-state index contributed by atoms with van der Waals surface area (Å²) in [4.78, 5) is 0. The second kappa shape index (κ2) is 8.53. The standard InChI is InChI=1S/C22H27ClFN/c1-6-17(7-2)10-18-11-19(12-21(23)15(18)4)16(5)25-20-9-8-14(3)22(24)13-20/h8-9,11-13,17,25H,5-7,10H2,1-4H3. The molecular formula is C22H27ClFN. The summed E-state index contributed by atoms with van der Waals surface area (Å²) >= 11 is 6.45. The van der Waals surface area contributed by atoms with E-state index >= 15 is 0 Å². The average Bonchev–Trinajstić information content (AvgIpc) is 2.59. The molecule has 0 fully saturated rings. The van der Waals surface area contributed by atoms with Gasteiger partial charge in [-0.05, 0) is 72.7 Å². The lowest BCUT2D eigenvalue weighted by Crippen LogP contribution is -2.05. The highest BCUT2D eigenvalue weighted by molar-refractivity contribution is 6.31.